The van der Waals surface area contributed by atoms with Crippen molar-refractivity contribution >= 4 is 17.6 Å². The molecule has 1 aromatic carbocycles. The van der Waals surface area contributed by atoms with E-state index in [0.29, 0.717) is 5.02 Å². The largest absolute Gasteiger partial charge is 0.469 e. The van der Waals surface area contributed by atoms with Crippen LogP contribution in [0.5, 0.6) is 0 Å². The first-order valence-electron chi connectivity index (χ1n) is 6.13. The second kappa shape index (κ2) is 5.72. The smallest absolute Gasteiger partial charge is 0.309 e. The second-order valence-electron chi connectivity index (χ2n) is 4.84. The molecule has 1 aliphatic rings. The molecule has 1 aliphatic heterocycles. The minimum atomic E-state index is -0.118. The number of nitrogens with zero attached hydrogens (tertiary/aromatic N) is 1. The van der Waals surface area contributed by atoms with Gasteiger partial charge in [0.05, 0.1) is 13.0 Å². The summed E-state index contributed by atoms with van der Waals surface area (Å²) in [6, 6.07) is 7.76. The van der Waals surface area contributed by atoms with E-state index in [-0.39, 0.29) is 17.8 Å². The van der Waals surface area contributed by atoms with Gasteiger partial charge in [-0.1, -0.05) is 23.7 Å². The molecule has 1 aromatic rings. The van der Waals surface area contributed by atoms with Gasteiger partial charge in [-0.2, -0.15) is 0 Å². The Hall–Kier alpha value is -1.06. The summed E-state index contributed by atoms with van der Waals surface area (Å²) in [6.07, 6.45) is 0.834. The van der Waals surface area contributed by atoms with E-state index in [1.165, 1.54) is 7.11 Å². The topological polar surface area (TPSA) is 29.5 Å². The minimum absolute atomic E-state index is 0.0651. The van der Waals surface area contributed by atoms with Crippen molar-refractivity contribution in [2.45, 2.75) is 12.3 Å². The summed E-state index contributed by atoms with van der Waals surface area (Å²) in [4.78, 5) is 14.1. The molecule has 18 heavy (non-hydrogen) atoms. The lowest BCUT2D eigenvalue weighted by Crippen LogP contribution is -2.40. The Balaban J connectivity index is 2.27. The molecular weight excluding hydrogens is 250 g/mol. The molecular formula is C14H18ClNO2. The number of esters is 1. The zero-order valence-corrected chi connectivity index (χ0v) is 11.5. The number of halogens is 1. The Labute approximate surface area is 113 Å². The Morgan fingerprint density at radius 2 is 2.28 bits per heavy atom. The first-order chi connectivity index (χ1) is 8.61. The lowest BCUT2D eigenvalue weighted by atomic mass is 9.81. The van der Waals surface area contributed by atoms with Gasteiger partial charge in [0.1, 0.15) is 0 Å². The SMILES string of the molecule is COC(=O)C1CCN(C)CC1c1cccc(Cl)c1. The summed E-state index contributed by atoms with van der Waals surface area (Å²) in [5, 5.41) is 0.712. The van der Waals surface area contributed by atoms with Crippen LogP contribution in [0.2, 0.25) is 5.02 Å². The van der Waals surface area contributed by atoms with E-state index in [1.54, 1.807) is 0 Å². The van der Waals surface area contributed by atoms with Crippen molar-refractivity contribution in [1.29, 1.82) is 0 Å². The Morgan fingerprint density at radius 3 is 2.94 bits per heavy atom. The number of likely N-dealkylation sites (N-methyl/N-ethyl adjacent to an activating group) is 1. The molecule has 1 fully saturated rings. The first kappa shape index (κ1) is 13.4. The zero-order valence-electron chi connectivity index (χ0n) is 10.7. The van der Waals surface area contributed by atoms with E-state index in [4.69, 9.17) is 16.3 Å². The highest BCUT2D eigenvalue weighted by molar-refractivity contribution is 6.30. The number of methoxy groups -OCH3 is 1. The summed E-state index contributed by atoms with van der Waals surface area (Å²) in [5.41, 5.74) is 1.12. The molecule has 98 valence electrons. The maximum atomic E-state index is 11.9. The molecule has 2 unspecified atom stereocenters. The average Bonchev–Trinajstić information content (AvgIpc) is 2.38. The average molecular weight is 268 g/mol. The minimum Gasteiger partial charge on any atom is -0.469 e. The van der Waals surface area contributed by atoms with Crippen LogP contribution in [-0.2, 0) is 9.53 Å². The van der Waals surface area contributed by atoms with Crippen LogP contribution in [-0.4, -0.2) is 38.1 Å². The van der Waals surface area contributed by atoms with Crippen molar-refractivity contribution in [2.24, 2.45) is 5.92 Å². The van der Waals surface area contributed by atoms with E-state index >= 15 is 0 Å². The molecule has 0 bridgehead atoms. The van der Waals surface area contributed by atoms with E-state index in [1.807, 2.05) is 24.3 Å². The first-order valence-corrected chi connectivity index (χ1v) is 6.51. The van der Waals surface area contributed by atoms with Crippen molar-refractivity contribution in [1.82, 2.24) is 4.90 Å². The van der Waals surface area contributed by atoms with Crippen molar-refractivity contribution in [3.05, 3.63) is 34.9 Å². The third-order valence-electron chi connectivity index (χ3n) is 3.60. The van der Waals surface area contributed by atoms with Gasteiger partial charge >= 0.3 is 5.97 Å². The Bertz CT molecular complexity index is 436. The fourth-order valence-electron chi connectivity index (χ4n) is 2.62. The maximum Gasteiger partial charge on any atom is 0.309 e. The monoisotopic (exact) mass is 267 g/mol. The van der Waals surface area contributed by atoms with Crippen LogP contribution < -0.4 is 0 Å². The van der Waals surface area contributed by atoms with Crippen LogP contribution in [0.15, 0.2) is 24.3 Å². The molecule has 1 heterocycles. The molecule has 3 nitrogen and oxygen atoms in total. The van der Waals surface area contributed by atoms with E-state index in [9.17, 15) is 4.79 Å². The summed E-state index contributed by atoms with van der Waals surface area (Å²) >= 11 is 6.03. The van der Waals surface area contributed by atoms with Crippen LogP contribution in [0.25, 0.3) is 0 Å². The van der Waals surface area contributed by atoms with Gasteiger partial charge in [0, 0.05) is 17.5 Å². The van der Waals surface area contributed by atoms with Gasteiger partial charge in [-0.05, 0) is 37.7 Å². The number of carbonyl (C=O) groups is 1. The van der Waals surface area contributed by atoms with Crippen LogP contribution in [0.3, 0.4) is 0 Å². The van der Waals surface area contributed by atoms with Crippen molar-refractivity contribution < 1.29 is 9.53 Å². The molecule has 0 saturated carbocycles. The molecule has 0 amide bonds. The van der Waals surface area contributed by atoms with Gasteiger partial charge in [-0.3, -0.25) is 4.79 Å². The van der Waals surface area contributed by atoms with Crippen molar-refractivity contribution in [2.75, 3.05) is 27.2 Å². The molecule has 0 spiro atoms. The molecule has 2 rings (SSSR count). The van der Waals surface area contributed by atoms with Crippen LogP contribution in [0.1, 0.15) is 17.9 Å². The molecule has 0 aliphatic carbocycles. The number of benzene rings is 1. The highest BCUT2D eigenvalue weighted by Crippen LogP contribution is 2.33. The lowest BCUT2D eigenvalue weighted by molar-refractivity contribution is -0.147. The summed E-state index contributed by atoms with van der Waals surface area (Å²) < 4.78 is 4.92. The third-order valence-corrected chi connectivity index (χ3v) is 3.83. The number of ether oxygens (including phenoxy) is 1. The van der Waals surface area contributed by atoms with Gasteiger partial charge in [-0.15, -0.1) is 0 Å². The van der Waals surface area contributed by atoms with Crippen LogP contribution in [0.4, 0.5) is 0 Å². The fourth-order valence-corrected chi connectivity index (χ4v) is 2.82. The standard InChI is InChI=1S/C14H18ClNO2/c1-16-7-6-12(14(17)18-2)13(9-16)10-4-3-5-11(15)8-10/h3-5,8,12-13H,6-7,9H2,1-2H3. The maximum absolute atomic E-state index is 11.9. The summed E-state index contributed by atoms with van der Waals surface area (Å²) in [5.74, 6) is -0.0207. The highest BCUT2D eigenvalue weighted by Gasteiger charge is 2.34. The van der Waals surface area contributed by atoms with Gasteiger partial charge in [-0.25, -0.2) is 0 Å². The number of carbonyl (C=O) groups excluding carboxylic acids is 1. The highest BCUT2D eigenvalue weighted by atomic mass is 35.5. The predicted octanol–water partition coefficient (Wildman–Crippen LogP) is 2.55. The van der Waals surface area contributed by atoms with Gasteiger partial charge in [0.25, 0.3) is 0 Å². The Morgan fingerprint density at radius 1 is 1.50 bits per heavy atom. The molecule has 2 atom stereocenters. The van der Waals surface area contributed by atoms with Crippen LogP contribution >= 0.6 is 11.6 Å². The van der Waals surface area contributed by atoms with Crippen LogP contribution in [0, 0.1) is 5.92 Å². The number of likely N-dealkylation sites (tertiary alicyclic amines) is 1. The van der Waals surface area contributed by atoms with Gasteiger partial charge in [0.15, 0.2) is 0 Å². The fraction of sp³-hybridized carbons (Fsp3) is 0.500. The number of hydrogen-bond donors (Lipinski definition) is 0. The number of piperidine rings is 1. The summed E-state index contributed by atoms with van der Waals surface area (Å²) in [6.45, 7) is 1.79. The van der Waals surface area contributed by atoms with Gasteiger partial charge in [0.2, 0.25) is 0 Å². The molecule has 4 heteroatoms. The van der Waals surface area contributed by atoms with E-state index < -0.39 is 0 Å². The van der Waals surface area contributed by atoms with E-state index in [0.717, 1.165) is 25.1 Å². The molecule has 1 saturated heterocycles. The van der Waals surface area contributed by atoms with Crippen molar-refractivity contribution in [3.8, 4) is 0 Å². The number of hydrogen-bond acceptors (Lipinski definition) is 3. The molecule has 0 radical (unpaired) electrons. The predicted molar refractivity (Wildman–Crippen MR) is 71.8 cm³/mol. The lowest BCUT2D eigenvalue weighted by Gasteiger charge is -2.35. The normalized spacial score (nSPS) is 24.8. The molecule has 0 N–H and O–H groups in total. The third kappa shape index (κ3) is 2.85. The number of rotatable bonds is 2. The van der Waals surface area contributed by atoms with Gasteiger partial charge < -0.3 is 9.64 Å². The van der Waals surface area contributed by atoms with E-state index in [2.05, 4.69) is 11.9 Å². The Kier molecular flexibility index (Phi) is 4.25. The molecule has 0 aromatic heterocycles. The quantitative estimate of drug-likeness (QED) is 0.772. The second-order valence-corrected chi connectivity index (χ2v) is 5.28. The summed E-state index contributed by atoms with van der Waals surface area (Å²) in [7, 11) is 3.53. The zero-order chi connectivity index (χ0) is 13.1. The van der Waals surface area contributed by atoms with Crippen molar-refractivity contribution in [3.63, 3.8) is 0 Å².